The molecule has 0 saturated heterocycles. The molecule has 88 valence electrons. The summed E-state index contributed by atoms with van der Waals surface area (Å²) >= 11 is 4.92. The topological polar surface area (TPSA) is 67.6 Å². The molecule has 3 rings (SSSR count). The maximum absolute atomic E-state index is 5.56. The van der Waals surface area contributed by atoms with E-state index < -0.39 is 0 Å². The molecule has 5 heteroatoms. The second-order valence-electron chi connectivity index (χ2n) is 3.90. The molecule has 0 aliphatic heterocycles. The van der Waals surface area contributed by atoms with Gasteiger partial charge < -0.3 is 10.7 Å². The van der Waals surface area contributed by atoms with Gasteiger partial charge in [-0.15, -0.1) is 0 Å². The van der Waals surface area contributed by atoms with Gasteiger partial charge in [0.1, 0.15) is 10.8 Å². The van der Waals surface area contributed by atoms with Gasteiger partial charge in [-0.3, -0.25) is 0 Å². The number of aromatic amines is 1. The Morgan fingerprint density at radius 2 is 1.94 bits per heavy atom. The summed E-state index contributed by atoms with van der Waals surface area (Å²) in [5.41, 5.74) is 9.03. The summed E-state index contributed by atoms with van der Waals surface area (Å²) < 4.78 is 0. The number of aromatic nitrogens is 3. The van der Waals surface area contributed by atoms with Gasteiger partial charge in [0.2, 0.25) is 0 Å². The Labute approximate surface area is 109 Å². The Balaban J connectivity index is 2.06. The van der Waals surface area contributed by atoms with Gasteiger partial charge in [0.25, 0.3) is 0 Å². The van der Waals surface area contributed by atoms with E-state index in [1.807, 2.05) is 36.4 Å². The minimum atomic E-state index is 0.396. The molecular formula is C13H10N4S. The highest BCUT2D eigenvalue weighted by atomic mass is 32.1. The first-order valence-corrected chi connectivity index (χ1v) is 5.86. The van der Waals surface area contributed by atoms with Crippen molar-refractivity contribution in [3.05, 3.63) is 48.2 Å². The lowest BCUT2D eigenvalue weighted by molar-refractivity contribution is 1.30. The van der Waals surface area contributed by atoms with Crippen LogP contribution in [-0.4, -0.2) is 19.9 Å². The number of hydrogen-bond acceptors (Lipinski definition) is 3. The lowest BCUT2D eigenvalue weighted by atomic mass is 10.1. The van der Waals surface area contributed by atoms with E-state index in [-0.39, 0.29) is 0 Å². The second-order valence-corrected chi connectivity index (χ2v) is 4.34. The molecule has 2 aromatic heterocycles. The van der Waals surface area contributed by atoms with E-state index >= 15 is 0 Å². The molecule has 0 radical (unpaired) electrons. The Morgan fingerprint density at radius 1 is 1.17 bits per heavy atom. The highest BCUT2D eigenvalue weighted by Crippen LogP contribution is 2.19. The molecule has 0 saturated carbocycles. The number of fused-ring (bicyclic) bond motifs is 1. The van der Waals surface area contributed by atoms with Crippen molar-refractivity contribution >= 4 is 28.4 Å². The average Bonchev–Trinajstić information content (AvgIpc) is 2.82. The molecule has 0 unspecified atom stereocenters. The molecule has 0 spiro atoms. The maximum atomic E-state index is 5.56. The third-order valence-electron chi connectivity index (χ3n) is 2.70. The SMILES string of the molecule is NC(=S)c1ccc(-c2nc3ncccc3[nH]2)cc1. The van der Waals surface area contributed by atoms with Crippen molar-refractivity contribution in [3.63, 3.8) is 0 Å². The second kappa shape index (κ2) is 4.19. The number of thiocarbonyl (C=S) groups is 1. The summed E-state index contributed by atoms with van der Waals surface area (Å²) in [6.07, 6.45) is 1.73. The number of pyridine rings is 1. The fourth-order valence-electron chi connectivity index (χ4n) is 1.77. The van der Waals surface area contributed by atoms with E-state index in [9.17, 15) is 0 Å². The first-order valence-electron chi connectivity index (χ1n) is 5.45. The third-order valence-corrected chi connectivity index (χ3v) is 2.94. The molecule has 0 amide bonds. The first kappa shape index (κ1) is 10.9. The van der Waals surface area contributed by atoms with Gasteiger partial charge in [-0.05, 0) is 12.1 Å². The van der Waals surface area contributed by atoms with Crippen LogP contribution in [0.3, 0.4) is 0 Å². The molecule has 0 aliphatic rings. The number of nitrogens with zero attached hydrogens (tertiary/aromatic N) is 2. The number of nitrogens with one attached hydrogen (secondary N) is 1. The van der Waals surface area contributed by atoms with Crippen molar-refractivity contribution in [2.45, 2.75) is 0 Å². The summed E-state index contributed by atoms with van der Waals surface area (Å²) in [6.45, 7) is 0. The number of H-pyrrole nitrogens is 1. The zero-order chi connectivity index (χ0) is 12.5. The normalized spacial score (nSPS) is 10.7. The van der Waals surface area contributed by atoms with Gasteiger partial charge in [-0.2, -0.15) is 0 Å². The van der Waals surface area contributed by atoms with Gasteiger partial charge in [0.05, 0.1) is 5.52 Å². The van der Waals surface area contributed by atoms with Crippen LogP contribution in [0.15, 0.2) is 42.6 Å². The molecular weight excluding hydrogens is 244 g/mol. The number of imidazole rings is 1. The summed E-state index contributed by atoms with van der Waals surface area (Å²) in [5, 5.41) is 0. The van der Waals surface area contributed by atoms with E-state index in [4.69, 9.17) is 18.0 Å². The van der Waals surface area contributed by atoms with Crippen LogP contribution >= 0.6 is 12.2 Å². The molecule has 0 atom stereocenters. The van der Waals surface area contributed by atoms with E-state index in [0.717, 1.165) is 22.5 Å². The molecule has 18 heavy (non-hydrogen) atoms. The standard InChI is InChI=1S/C13H10N4S/c14-11(18)8-3-5-9(6-4-8)12-16-10-2-1-7-15-13(10)17-12/h1-7H,(H2,14,18)(H,15,16,17). The predicted molar refractivity (Wildman–Crippen MR) is 75.2 cm³/mol. The highest BCUT2D eigenvalue weighted by Gasteiger charge is 2.05. The Morgan fingerprint density at radius 3 is 2.61 bits per heavy atom. The Bertz CT molecular complexity index is 682. The van der Waals surface area contributed by atoms with Crippen molar-refractivity contribution in [2.75, 3.05) is 0 Å². The Hall–Kier alpha value is -2.27. The number of hydrogen-bond donors (Lipinski definition) is 2. The van der Waals surface area contributed by atoms with Gasteiger partial charge in [-0.25, -0.2) is 9.97 Å². The number of rotatable bonds is 2. The van der Waals surface area contributed by atoms with Gasteiger partial charge in [-0.1, -0.05) is 36.5 Å². The Kier molecular flexibility index (Phi) is 2.53. The summed E-state index contributed by atoms with van der Waals surface area (Å²) in [7, 11) is 0. The summed E-state index contributed by atoms with van der Waals surface area (Å²) in [5.74, 6) is 0.790. The molecule has 0 aliphatic carbocycles. The summed E-state index contributed by atoms with van der Waals surface area (Å²) in [4.78, 5) is 12.2. The van der Waals surface area contributed by atoms with Gasteiger partial charge >= 0.3 is 0 Å². The molecule has 4 nitrogen and oxygen atoms in total. The quantitative estimate of drug-likeness (QED) is 0.688. The minimum absolute atomic E-state index is 0.396. The zero-order valence-corrected chi connectivity index (χ0v) is 10.2. The molecule has 0 fully saturated rings. The van der Waals surface area contributed by atoms with Crippen molar-refractivity contribution in [3.8, 4) is 11.4 Å². The molecule has 3 N–H and O–H groups in total. The van der Waals surface area contributed by atoms with Crippen LogP contribution in [0, 0.1) is 0 Å². The fourth-order valence-corrected chi connectivity index (χ4v) is 1.91. The van der Waals surface area contributed by atoms with Crippen molar-refractivity contribution < 1.29 is 0 Å². The molecule has 1 aromatic carbocycles. The largest absolute Gasteiger partial charge is 0.389 e. The third kappa shape index (κ3) is 1.84. The van der Waals surface area contributed by atoms with Crippen molar-refractivity contribution in [1.29, 1.82) is 0 Å². The predicted octanol–water partition coefficient (Wildman–Crippen LogP) is 2.26. The van der Waals surface area contributed by atoms with Crippen LogP contribution in [-0.2, 0) is 0 Å². The van der Waals surface area contributed by atoms with Crippen LogP contribution in [0.25, 0.3) is 22.6 Å². The van der Waals surface area contributed by atoms with E-state index in [1.165, 1.54) is 0 Å². The summed E-state index contributed by atoms with van der Waals surface area (Å²) in [6, 6.07) is 11.5. The van der Waals surface area contributed by atoms with Gasteiger partial charge in [0, 0.05) is 17.3 Å². The minimum Gasteiger partial charge on any atom is -0.389 e. The van der Waals surface area contributed by atoms with Crippen molar-refractivity contribution in [2.24, 2.45) is 5.73 Å². The number of nitrogens with two attached hydrogens (primary N) is 1. The lowest BCUT2D eigenvalue weighted by Crippen LogP contribution is -2.08. The molecule has 2 heterocycles. The highest BCUT2D eigenvalue weighted by molar-refractivity contribution is 7.80. The molecule has 3 aromatic rings. The number of benzene rings is 1. The maximum Gasteiger partial charge on any atom is 0.178 e. The van der Waals surface area contributed by atoms with Crippen LogP contribution in [0.1, 0.15) is 5.56 Å². The van der Waals surface area contributed by atoms with Crippen LogP contribution in [0.5, 0.6) is 0 Å². The van der Waals surface area contributed by atoms with Crippen LogP contribution in [0.4, 0.5) is 0 Å². The van der Waals surface area contributed by atoms with E-state index in [1.54, 1.807) is 6.20 Å². The van der Waals surface area contributed by atoms with Crippen LogP contribution in [0.2, 0.25) is 0 Å². The van der Waals surface area contributed by atoms with E-state index in [2.05, 4.69) is 15.0 Å². The lowest BCUT2D eigenvalue weighted by Gasteiger charge is -1.99. The van der Waals surface area contributed by atoms with Crippen molar-refractivity contribution in [1.82, 2.24) is 15.0 Å². The average molecular weight is 254 g/mol. The van der Waals surface area contributed by atoms with E-state index in [0.29, 0.717) is 10.6 Å². The monoisotopic (exact) mass is 254 g/mol. The fraction of sp³-hybridized carbons (Fsp3) is 0. The zero-order valence-electron chi connectivity index (χ0n) is 9.42. The van der Waals surface area contributed by atoms with Gasteiger partial charge in [0.15, 0.2) is 5.65 Å². The first-order chi connectivity index (χ1) is 8.74. The molecule has 0 bridgehead atoms. The van der Waals surface area contributed by atoms with Crippen LogP contribution < -0.4 is 5.73 Å². The smallest absolute Gasteiger partial charge is 0.178 e.